The Morgan fingerprint density at radius 2 is 1.71 bits per heavy atom. The summed E-state index contributed by atoms with van der Waals surface area (Å²) in [5.41, 5.74) is 4.39. The zero-order chi connectivity index (χ0) is 17.3. The lowest BCUT2D eigenvalue weighted by molar-refractivity contribution is -0.113. The van der Waals surface area contributed by atoms with E-state index in [-0.39, 0.29) is 5.91 Å². The highest BCUT2D eigenvalue weighted by atomic mass is 32.2. The van der Waals surface area contributed by atoms with Crippen LogP contribution in [0.25, 0.3) is 6.08 Å². The Labute approximate surface area is 150 Å². The first kappa shape index (κ1) is 16.6. The van der Waals surface area contributed by atoms with Gasteiger partial charge in [0.05, 0.1) is 10.6 Å². The summed E-state index contributed by atoms with van der Waals surface area (Å²) in [6.45, 7) is 3.96. The average Bonchev–Trinajstić information content (AvgIpc) is 2.84. The summed E-state index contributed by atoms with van der Waals surface area (Å²) in [5, 5.41) is 0. The molecule has 1 aliphatic heterocycles. The molecule has 0 unspecified atom stereocenters. The van der Waals surface area contributed by atoms with E-state index in [1.165, 1.54) is 11.8 Å². The van der Waals surface area contributed by atoms with Crippen LogP contribution in [-0.4, -0.2) is 16.5 Å². The Balaban J connectivity index is 1.95. The molecule has 0 aliphatic carbocycles. The van der Waals surface area contributed by atoms with Crippen molar-refractivity contribution >= 4 is 52.3 Å². The van der Waals surface area contributed by atoms with Crippen LogP contribution in [0.2, 0.25) is 0 Å². The molecule has 1 fully saturated rings. The van der Waals surface area contributed by atoms with Crippen molar-refractivity contribution in [3.63, 3.8) is 0 Å². The van der Waals surface area contributed by atoms with Crippen molar-refractivity contribution < 1.29 is 9.59 Å². The molecule has 3 nitrogen and oxygen atoms in total. The van der Waals surface area contributed by atoms with E-state index in [4.69, 9.17) is 12.2 Å². The van der Waals surface area contributed by atoms with Crippen molar-refractivity contribution in [1.29, 1.82) is 0 Å². The molecule has 1 heterocycles. The molecule has 1 saturated heterocycles. The minimum atomic E-state index is -0.113. The maximum absolute atomic E-state index is 12.8. The molecule has 0 bridgehead atoms. The van der Waals surface area contributed by atoms with Crippen LogP contribution in [0.5, 0.6) is 0 Å². The molecule has 1 amide bonds. The number of amides is 1. The second kappa shape index (κ2) is 6.71. The van der Waals surface area contributed by atoms with E-state index in [9.17, 15) is 9.59 Å². The number of hydrogen-bond acceptors (Lipinski definition) is 4. The summed E-state index contributed by atoms with van der Waals surface area (Å²) >= 11 is 6.71. The van der Waals surface area contributed by atoms with Gasteiger partial charge in [0.25, 0.3) is 5.91 Å². The normalized spacial score (nSPS) is 16.1. The van der Waals surface area contributed by atoms with Crippen LogP contribution in [0.3, 0.4) is 0 Å². The van der Waals surface area contributed by atoms with Gasteiger partial charge in [0.2, 0.25) is 0 Å². The Kier molecular flexibility index (Phi) is 4.64. The third-order valence-electron chi connectivity index (χ3n) is 3.77. The number of thiocarbonyl (C=S) groups is 1. The summed E-state index contributed by atoms with van der Waals surface area (Å²) in [7, 11) is 0. The van der Waals surface area contributed by atoms with E-state index in [0.29, 0.717) is 14.8 Å². The average molecular weight is 353 g/mol. The van der Waals surface area contributed by atoms with Crippen molar-refractivity contribution in [2.75, 3.05) is 4.90 Å². The van der Waals surface area contributed by atoms with Gasteiger partial charge >= 0.3 is 0 Å². The Morgan fingerprint density at radius 3 is 2.38 bits per heavy atom. The van der Waals surface area contributed by atoms with E-state index >= 15 is 0 Å². The molecule has 1 aliphatic rings. The molecule has 0 aromatic heterocycles. The predicted octanol–water partition coefficient (Wildman–Crippen LogP) is 4.52. The van der Waals surface area contributed by atoms with E-state index in [1.54, 1.807) is 23.1 Å². The molecular weight excluding hydrogens is 338 g/mol. The van der Waals surface area contributed by atoms with E-state index in [1.807, 2.05) is 44.2 Å². The van der Waals surface area contributed by atoms with Gasteiger partial charge in [-0.1, -0.05) is 60.4 Å². The first-order valence-electron chi connectivity index (χ1n) is 7.40. The molecule has 24 heavy (non-hydrogen) atoms. The first-order chi connectivity index (χ1) is 11.5. The highest BCUT2D eigenvalue weighted by molar-refractivity contribution is 8.27. The number of rotatable bonds is 3. The summed E-state index contributed by atoms with van der Waals surface area (Å²) in [5.74, 6) is -0.113. The number of aldehydes is 1. The smallest absolute Gasteiger partial charge is 0.270 e. The highest BCUT2D eigenvalue weighted by Gasteiger charge is 2.34. The van der Waals surface area contributed by atoms with Crippen LogP contribution in [-0.2, 0) is 4.79 Å². The second-order valence-corrected chi connectivity index (χ2v) is 7.27. The van der Waals surface area contributed by atoms with Gasteiger partial charge in [-0.3, -0.25) is 14.5 Å². The van der Waals surface area contributed by atoms with Crippen LogP contribution in [0, 0.1) is 13.8 Å². The van der Waals surface area contributed by atoms with Gasteiger partial charge in [0, 0.05) is 5.56 Å². The molecule has 2 aromatic rings. The van der Waals surface area contributed by atoms with Gasteiger partial charge in [-0.2, -0.15) is 0 Å². The van der Waals surface area contributed by atoms with Crippen molar-refractivity contribution in [3.8, 4) is 0 Å². The molecule has 0 radical (unpaired) electrons. The van der Waals surface area contributed by atoms with Gasteiger partial charge in [0.15, 0.2) is 4.32 Å². The Bertz CT molecular complexity index is 869. The SMILES string of the molecule is Cc1ccc(C)c(N2C(=O)/C(=C/c3ccc(C=O)cc3)SC2=S)c1. The fourth-order valence-corrected chi connectivity index (χ4v) is 3.74. The van der Waals surface area contributed by atoms with Gasteiger partial charge in [-0.05, 0) is 42.7 Å². The molecule has 0 spiro atoms. The molecule has 0 N–H and O–H groups in total. The Morgan fingerprint density at radius 1 is 1.04 bits per heavy atom. The lowest BCUT2D eigenvalue weighted by Gasteiger charge is -2.17. The number of anilines is 1. The molecule has 2 aromatic carbocycles. The van der Waals surface area contributed by atoms with Gasteiger partial charge in [-0.25, -0.2) is 0 Å². The third-order valence-corrected chi connectivity index (χ3v) is 5.07. The van der Waals surface area contributed by atoms with Crippen molar-refractivity contribution in [2.24, 2.45) is 0 Å². The summed E-state index contributed by atoms with van der Waals surface area (Å²) in [4.78, 5) is 25.7. The second-order valence-electron chi connectivity index (χ2n) is 5.59. The van der Waals surface area contributed by atoms with Crippen molar-refractivity contribution in [2.45, 2.75) is 13.8 Å². The Hall–Kier alpha value is -2.24. The standard InChI is InChI=1S/C19H15NO2S2/c1-12-3-4-13(2)16(9-12)20-18(22)17(24-19(20)23)10-14-5-7-15(11-21)8-6-14/h3-11H,1-2H3/b17-10-. The quantitative estimate of drug-likeness (QED) is 0.462. The molecular formula is C19H15NO2S2. The number of carbonyl (C=O) groups is 2. The zero-order valence-corrected chi connectivity index (χ0v) is 14.9. The maximum Gasteiger partial charge on any atom is 0.270 e. The predicted molar refractivity (Wildman–Crippen MR) is 103 cm³/mol. The number of nitrogens with zero attached hydrogens (tertiary/aromatic N) is 1. The highest BCUT2D eigenvalue weighted by Crippen LogP contribution is 2.37. The molecule has 0 saturated carbocycles. The third kappa shape index (κ3) is 3.18. The molecule has 5 heteroatoms. The van der Waals surface area contributed by atoms with E-state index in [0.717, 1.165) is 28.7 Å². The summed E-state index contributed by atoms with van der Waals surface area (Å²) in [6.07, 6.45) is 2.60. The van der Waals surface area contributed by atoms with Gasteiger partial charge in [0.1, 0.15) is 6.29 Å². The summed E-state index contributed by atoms with van der Waals surface area (Å²) in [6, 6.07) is 13.1. The van der Waals surface area contributed by atoms with Crippen molar-refractivity contribution in [3.05, 3.63) is 69.6 Å². The van der Waals surface area contributed by atoms with Crippen LogP contribution in [0.4, 0.5) is 5.69 Å². The van der Waals surface area contributed by atoms with Gasteiger partial charge < -0.3 is 0 Å². The number of carbonyl (C=O) groups excluding carboxylic acids is 2. The minimum Gasteiger partial charge on any atom is -0.298 e. The van der Waals surface area contributed by atoms with Gasteiger partial charge in [-0.15, -0.1) is 0 Å². The minimum absolute atomic E-state index is 0.113. The number of hydrogen-bond donors (Lipinski definition) is 0. The number of aryl methyl sites for hydroxylation is 2. The van der Waals surface area contributed by atoms with E-state index in [2.05, 4.69) is 0 Å². The largest absolute Gasteiger partial charge is 0.298 e. The fourth-order valence-electron chi connectivity index (χ4n) is 2.46. The van der Waals surface area contributed by atoms with E-state index < -0.39 is 0 Å². The lowest BCUT2D eigenvalue weighted by Crippen LogP contribution is -2.28. The summed E-state index contributed by atoms with van der Waals surface area (Å²) < 4.78 is 0.532. The zero-order valence-electron chi connectivity index (χ0n) is 13.3. The van der Waals surface area contributed by atoms with Crippen LogP contribution >= 0.6 is 24.0 Å². The number of benzene rings is 2. The number of thioether (sulfide) groups is 1. The fraction of sp³-hybridized carbons (Fsp3) is 0.105. The van der Waals surface area contributed by atoms with Crippen LogP contribution < -0.4 is 4.90 Å². The lowest BCUT2D eigenvalue weighted by atomic mass is 10.1. The van der Waals surface area contributed by atoms with Crippen LogP contribution in [0.15, 0.2) is 47.4 Å². The molecule has 120 valence electrons. The van der Waals surface area contributed by atoms with Crippen LogP contribution in [0.1, 0.15) is 27.0 Å². The molecule has 3 rings (SSSR count). The molecule has 0 atom stereocenters. The monoisotopic (exact) mass is 353 g/mol. The van der Waals surface area contributed by atoms with Crippen molar-refractivity contribution in [1.82, 2.24) is 0 Å². The first-order valence-corrected chi connectivity index (χ1v) is 8.62. The topological polar surface area (TPSA) is 37.4 Å². The maximum atomic E-state index is 12.8.